The van der Waals surface area contributed by atoms with Crippen LogP contribution < -0.4 is 11.5 Å². The van der Waals surface area contributed by atoms with Gasteiger partial charge in [0, 0.05) is 18.4 Å². The molecule has 0 aliphatic carbocycles. The molecule has 0 saturated carbocycles. The zero-order chi connectivity index (χ0) is 15.9. The molecule has 118 valence electrons. The van der Waals surface area contributed by atoms with Crippen molar-refractivity contribution in [1.29, 1.82) is 0 Å². The molecule has 3 rings (SSSR count). The van der Waals surface area contributed by atoms with Gasteiger partial charge in [0.05, 0.1) is 5.69 Å². The molecule has 0 bridgehead atoms. The van der Waals surface area contributed by atoms with Gasteiger partial charge in [0.1, 0.15) is 6.23 Å². The minimum Gasteiger partial charge on any atom is -0.465 e. The van der Waals surface area contributed by atoms with Crippen molar-refractivity contribution in [2.24, 2.45) is 5.73 Å². The highest BCUT2D eigenvalue weighted by Gasteiger charge is 2.19. The highest BCUT2D eigenvalue weighted by molar-refractivity contribution is 5.61. The maximum absolute atomic E-state index is 8.78. The first-order chi connectivity index (χ1) is 10.6. The summed E-state index contributed by atoms with van der Waals surface area (Å²) >= 11 is 0. The minimum absolute atomic E-state index is 0.0451. The number of nitrogen functional groups attached to an aromatic ring is 1. The molecule has 1 atom stereocenters. The maximum Gasteiger partial charge on any atom is 0.402 e. The fourth-order valence-corrected chi connectivity index (χ4v) is 2.33. The monoisotopic (exact) mass is 304 g/mol. The molecule has 1 aromatic heterocycles. The Hall–Kier alpha value is -2.54. The number of rotatable bonds is 2. The average molecular weight is 304 g/mol. The number of nitrogens with zero attached hydrogens (tertiary/aromatic N) is 2. The van der Waals surface area contributed by atoms with Gasteiger partial charge in [-0.05, 0) is 19.3 Å². The van der Waals surface area contributed by atoms with Crippen LogP contribution in [-0.4, -0.2) is 27.4 Å². The number of amides is 1. The number of aromatic nitrogens is 2. The highest BCUT2D eigenvalue weighted by Crippen LogP contribution is 2.28. The van der Waals surface area contributed by atoms with Crippen molar-refractivity contribution in [3.63, 3.8) is 0 Å². The molecule has 2 heterocycles. The zero-order valence-electron chi connectivity index (χ0n) is 12.2. The van der Waals surface area contributed by atoms with Crippen LogP contribution in [0.2, 0.25) is 0 Å². The number of nitrogens with two attached hydrogens (primary N) is 2. The third-order valence-electron chi connectivity index (χ3n) is 3.30. The van der Waals surface area contributed by atoms with Crippen LogP contribution in [0.5, 0.6) is 0 Å². The van der Waals surface area contributed by atoms with E-state index in [0.717, 1.165) is 30.7 Å². The lowest BCUT2D eigenvalue weighted by atomic mass is 10.1. The Labute approximate surface area is 128 Å². The van der Waals surface area contributed by atoms with Crippen LogP contribution in [0.1, 0.15) is 25.5 Å². The molecule has 0 spiro atoms. The Bertz CT molecular complexity index is 603. The van der Waals surface area contributed by atoms with E-state index < -0.39 is 6.09 Å². The molecule has 2 aromatic rings. The van der Waals surface area contributed by atoms with Gasteiger partial charge in [0.15, 0.2) is 0 Å². The van der Waals surface area contributed by atoms with Gasteiger partial charge in [-0.1, -0.05) is 30.3 Å². The van der Waals surface area contributed by atoms with Gasteiger partial charge < -0.3 is 21.3 Å². The number of hydrogen-bond donors (Lipinski definition) is 3. The molecule has 1 saturated heterocycles. The summed E-state index contributed by atoms with van der Waals surface area (Å²) in [6.45, 7) is 0.808. The molecular weight excluding hydrogens is 284 g/mol. The summed E-state index contributed by atoms with van der Waals surface area (Å²) in [5, 5.41) is 7.19. The molecule has 7 nitrogen and oxygen atoms in total. The number of anilines is 1. The quantitative estimate of drug-likeness (QED) is 0.788. The van der Waals surface area contributed by atoms with Crippen molar-refractivity contribution in [3.05, 3.63) is 36.5 Å². The van der Waals surface area contributed by atoms with E-state index in [2.05, 4.69) is 10.7 Å². The first-order valence-corrected chi connectivity index (χ1v) is 7.07. The van der Waals surface area contributed by atoms with Crippen LogP contribution in [0, 0.1) is 0 Å². The molecule has 5 N–H and O–H groups in total. The van der Waals surface area contributed by atoms with Crippen LogP contribution in [0.25, 0.3) is 11.3 Å². The Morgan fingerprint density at radius 3 is 2.59 bits per heavy atom. The summed E-state index contributed by atoms with van der Waals surface area (Å²) in [5.41, 5.74) is 12.0. The van der Waals surface area contributed by atoms with E-state index in [1.54, 1.807) is 0 Å². The highest BCUT2D eigenvalue weighted by atomic mass is 16.5. The number of carboxylic acid groups (broad SMARTS) is 1. The van der Waals surface area contributed by atoms with Crippen LogP contribution in [0.3, 0.4) is 0 Å². The maximum atomic E-state index is 8.78. The lowest BCUT2D eigenvalue weighted by Crippen LogP contribution is -2.18. The SMILES string of the molecule is NC(=O)O.Nc1nc(-c2ccccc2)cn1C1CCCCO1. The molecule has 1 amide bonds. The van der Waals surface area contributed by atoms with Gasteiger partial charge in [0.2, 0.25) is 5.95 Å². The van der Waals surface area contributed by atoms with E-state index in [0.29, 0.717) is 5.95 Å². The van der Waals surface area contributed by atoms with E-state index >= 15 is 0 Å². The van der Waals surface area contributed by atoms with Gasteiger partial charge in [-0.2, -0.15) is 0 Å². The molecule has 1 aliphatic rings. The second-order valence-electron chi connectivity index (χ2n) is 4.92. The molecule has 1 fully saturated rings. The molecule has 0 radical (unpaired) electrons. The third-order valence-corrected chi connectivity index (χ3v) is 3.30. The minimum atomic E-state index is -1.33. The van der Waals surface area contributed by atoms with E-state index in [1.165, 1.54) is 6.42 Å². The summed E-state index contributed by atoms with van der Waals surface area (Å²) in [5.74, 6) is 0.528. The van der Waals surface area contributed by atoms with Gasteiger partial charge in [0.25, 0.3) is 0 Å². The lowest BCUT2D eigenvalue weighted by molar-refractivity contribution is -0.0305. The first-order valence-electron chi connectivity index (χ1n) is 7.07. The predicted octanol–water partition coefficient (Wildman–Crippen LogP) is 2.45. The summed E-state index contributed by atoms with van der Waals surface area (Å²) in [7, 11) is 0. The molecule has 1 aromatic carbocycles. The van der Waals surface area contributed by atoms with Crippen molar-refractivity contribution >= 4 is 12.0 Å². The Kier molecular flexibility index (Phi) is 5.37. The van der Waals surface area contributed by atoms with Crippen LogP contribution in [0.15, 0.2) is 36.5 Å². The fourth-order valence-electron chi connectivity index (χ4n) is 2.33. The van der Waals surface area contributed by atoms with Gasteiger partial charge in [-0.25, -0.2) is 9.78 Å². The Balaban J connectivity index is 0.000000396. The topological polar surface area (TPSA) is 116 Å². The second kappa shape index (κ2) is 7.46. The molecule has 7 heteroatoms. The van der Waals surface area contributed by atoms with Gasteiger partial charge in [-0.3, -0.25) is 4.57 Å². The summed E-state index contributed by atoms with van der Waals surface area (Å²) < 4.78 is 7.68. The normalized spacial score (nSPS) is 17.4. The third kappa shape index (κ3) is 4.23. The summed E-state index contributed by atoms with van der Waals surface area (Å²) in [6.07, 6.45) is 4.03. The van der Waals surface area contributed by atoms with Crippen molar-refractivity contribution < 1.29 is 14.6 Å². The van der Waals surface area contributed by atoms with Crippen LogP contribution in [-0.2, 0) is 4.74 Å². The average Bonchev–Trinajstić information content (AvgIpc) is 2.90. The second-order valence-corrected chi connectivity index (χ2v) is 4.92. The van der Waals surface area contributed by atoms with Crippen LogP contribution >= 0.6 is 0 Å². The summed E-state index contributed by atoms with van der Waals surface area (Å²) in [6, 6.07) is 10.1. The van der Waals surface area contributed by atoms with Gasteiger partial charge >= 0.3 is 6.09 Å². The smallest absolute Gasteiger partial charge is 0.402 e. The number of primary amides is 1. The number of ether oxygens (including phenoxy) is 1. The van der Waals surface area contributed by atoms with E-state index in [9.17, 15) is 0 Å². The Morgan fingerprint density at radius 1 is 1.32 bits per heavy atom. The number of carbonyl (C=O) groups is 1. The van der Waals surface area contributed by atoms with Crippen molar-refractivity contribution in [2.45, 2.75) is 25.5 Å². The predicted molar refractivity (Wildman–Crippen MR) is 83.1 cm³/mol. The number of imidazole rings is 1. The van der Waals surface area contributed by atoms with Crippen molar-refractivity contribution in [2.75, 3.05) is 12.3 Å². The fraction of sp³-hybridized carbons (Fsp3) is 0.333. The van der Waals surface area contributed by atoms with E-state index in [-0.39, 0.29) is 6.23 Å². The molecule has 22 heavy (non-hydrogen) atoms. The van der Waals surface area contributed by atoms with Crippen molar-refractivity contribution in [3.8, 4) is 11.3 Å². The zero-order valence-corrected chi connectivity index (χ0v) is 12.2. The van der Waals surface area contributed by atoms with Crippen LogP contribution in [0.4, 0.5) is 10.7 Å². The van der Waals surface area contributed by atoms with E-state index in [1.807, 2.05) is 41.1 Å². The number of benzene rings is 1. The van der Waals surface area contributed by atoms with Crippen molar-refractivity contribution in [1.82, 2.24) is 9.55 Å². The lowest BCUT2D eigenvalue weighted by Gasteiger charge is -2.24. The molecule has 1 aliphatic heterocycles. The summed E-state index contributed by atoms with van der Waals surface area (Å²) in [4.78, 5) is 13.2. The Morgan fingerprint density at radius 2 is 2.00 bits per heavy atom. The molecule has 1 unspecified atom stereocenters. The molecular formula is C15H20N4O3. The van der Waals surface area contributed by atoms with Gasteiger partial charge in [-0.15, -0.1) is 0 Å². The standard InChI is InChI=1S/C14H17N3O.CH3NO2/c15-14-16-12(11-6-2-1-3-7-11)10-17(14)13-8-4-5-9-18-13;2-1(3)4/h1-3,6-7,10,13H,4-5,8-9H2,(H2,15,16);2H2,(H,3,4). The largest absolute Gasteiger partial charge is 0.465 e. The van der Waals surface area contributed by atoms with E-state index in [4.69, 9.17) is 20.4 Å². The first kappa shape index (κ1) is 15.8. The number of hydrogen-bond acceptors (Lipinski definition) is 4.